The molecule has 9 aromatic rings. The van der Waals surface area contributed by atoms with Gasteiger partial charge in [0.1, 0.15) is 22.2 Å². The van der Waals surface area contributed by atoms with Crippen LogP contribution < -0.4 is 0 Å². The van der Waals surface area contributed by atoms with Crippen LogP contribution in [0, 0.1) is 23.7 Å². The Morgan fingerprint density at radius 2 is 0.793 bits per heavy atom. The third kappa shape index (κ3) is 6.82. The monoisotopic (exact) mass is 760 g/mol. The number of carbonyl (C=O) groups is 2. The third-order valence-corrected chi connectivity index (χ3v) is 9.25. The average Bonchev–Trinajstić information content (AvgIpc) is 3.67. The molecule has 0 fully saturated rings. The molecule has 0 spiro atoms. The fourth-order valence-electron chi connectivity index (χ4n) is 6.79. The van der Waals surface area contributed by atoms with E-state index >= 15 is 0 Å². The summed E-state index contributed by atoms with van der Waals surface area (Å²) in [5.74, 6) is 13.0. The Kier molecular flexibility index (Phi) is 8.45. The van der Waals surface area contributed by atoms with E-state index in [9.17, 15) is 9.59 Å². The van der Waals surface area contributed by atoms with Gasteiger partial charge in [-0.15, -0.1) is 0 Å². The van der Waals surface area contributed by atoms with Crippen LogP contribution in [0.2, 0.25) is 0 Å². The number of para-hydroxylation sites is 4. The molecule has 5 aromatic carbocycles. The second-order valence-corrected chi connectivity index (χ2v) is 15.9. The molecular weight excluding hydrogens is 725 g/mol. The van der Waals surface area contributed by atoms with E-state index < -0.39 is 23.4 Å². The number of rotatable bonds is 0. The molecule has 0 aliphatic heterocycles. The Hall–Kier alpha value is -7.56. The van der Waals surface area contributed by atoms with Crippen LogP contribution in [0.5, 0.6) is 0 Å². The highest BCUT2D eigenvalue weighted by Crippen LogP contribution is 2.32. The molecule has 10 heteroatoms. The summed E-state index contributed by atoms with van der Waals surface area (Å²) in [6, 6.07) is 34.2. The fourth-order valence-corrected chi connectivity index (χ4v) is 6.79. The Bertz CT molecular complexity index is 3080. The summed E-state index contributed by atoms with van der Waals surface area (Å²) in [7, 11) is 0. The van der Waals surface area contributed by atoms with Gasteiger partial charge in [0.15, 0.2) is 11.3 Å². The smallest absolute Gasteiger partial charge is 0.420 e. The molecule has 282 valence electrons. The predicted octanol–water partition coefficient (Wildman–Crippen LogP) is 10.2. The third-order valence-electron chi connectivity index (χ3n) is 9.25. The maximum absolute atomic E-state index is 13.5. The van der Waals surface area contributed by atoms with Crippen molar-refractivity contribution < 1.29 is 19.1 Å². The highest BCUT2D eigenvalue weighted by molar-refractivity contribution is 6.12. The van der Waals surface area contributed by atoms with Crippen LogP contribution in [0.25, 0.3) is 66.2 Å². The Morgan fingerprint density at radius 1 is 0.466 bits per heavy atom. The average molecular weight is 761 g/mol. The number of benzene rings is 5. The molecular formula is C48H36N6O4. The summed E-state index contributed by atoms with van der Waals surface area (Å²) in [6.45, 7) is 11.0. The second kappa shape index (κ2) is 13.6. The van der Waals surface area contributed by atoms with Gasteiger partial charge in [0.25, 0.3) is 0 Å². The van der Waals surface area contributed by atoms with Gasteiger partial charge in [-0.1, -0.05) is 47.9 Å². The largest absolute Gasteiger partial charge is 0.443 e. The van der Waals surface area contributed by atoms with Crippen LogP contribution in [-0.4, -0.2) is 52.5 Å². The van der Waals surface area contributed by atoms with Crippen LogP contribution in [0.1, 0.15) is 63.8 Å². The molecule has 0 aliphatic rings. The van der Waals surface area contributed by atoms with Crippen molar-refractivity contribution in [1.29, 1.82) is 0 Å². The zero-order valence-corrected chi connectivity index (χ0v) is 32.7. The molecule has 0 radical (unpaired) electrons. The van der Waals surface area contributed by atoms with Gasteiger partial charge < -0.3 is 9.47 Å². The van der Waals surface area contributed by atoms with Crippen molar-refractivity contribution in [3.05, 3.63) is 131 Å². The van der Waals surface area contributed by atoms with E-state index in [0.29, 0.717) is 44.4 Å². The van der Waals surface area contributed by atoms with Gasteiger partial charge in [-0.2, -0.15) is 0 Å². The molecule has 10 nitrogen and oxygen atoms in total. The summed E-state index contributed by atoms with van der Waals surface area (Å²) in [5.41, 5.74) is 7.93. The van der Waals surface area contributed by atoms with Gasteiger partial charge in [-0.05, 0) is 126 Å². The van der Waals surface area contributed by atoms with Crippen molar-refractivity contribution >= 4 is 78.4 Å². The van der Waals surface area contributed by atoms with Crippen LogP contribution in [0.15, 0.2) is 109 Å². The van der Waals surface area contributed by atoms with Crippen LogP contribution >= 0.6 is 0 Å². The van der Waals surface area contributed by atoms with Gasteiger partial charge in [-0.3, -0.25) is 0 Å². The highest BCUT2D eigenvalue weighted by Gasteiger charge is 2.26. The Balaban J connectivity index is 1.02. The van der Waals surface area contributed by atoms with Crippen LogP contribution in [0.4, 0.5) is 9.59 Å². The van der Waals surface area contributed by atoms with Gasteiger partial charge in [0.2, 0.25) is 0 Å². The number of hydrogen-bond acceptors (Lipinski definition) is 8. The molecule has 4 aromatic heterocycles. The van der Waals surface area contributed by atoms with E-state index in [1.54, 1.807) is 0 Å². The summed E-state index contributed by atoms with van der Waals surface area (Å²) in [5, 5.41) is 1.51. The second-order valence-electron chi connectivity index (χ2n) is 15.9. The molecule has 9 rings (SSSR count). The first-order valence-electron chi connectivity index (χ1n) is 18.8. The van der Waals surface area contributed by atoms with Crippen molar-refractivity contribution in [2.45, 2.75) is 52.7 Å². The summed E-state index contributed by atoms with van der Waals surface area (Å²) in [6.07, 6.45) is -1.04. The van der Waals surface area contributed by atoms with Crippen molar-refractivity contribution in [3.63, 3.8) is 0 Å². The highest BCUT2D eigenvalue weighted by atomic mass is 16.6. The first kappa shape index (κ1) is 36.1. The number of ether oxygens (including phenoxy) is 2. The normalized spacial score (nSPS) is 11.8. The molecule has 0 bridgehead atoms. The summed E-state index contributed by atoms with van der Waals surface area (Å²) >= 11 is 0. The quantitative estimate of drug-likeness (QED) is 0.140. The fraction of sp³-hybridized carbons (Fsp3) is 0.167. The molecule has 0 saturated carbocycles. The zero-order chi connectivity index (χ0) is 40.3. The predicted molar refractivity (Wildman–Crippen MR) is 227 cm³/mol. The lowest BCUT2D eigenvalue weighted by atomic mass is 10.1. The van der Waals surface area contributed by atoms with Gasteiger partial charge in [-0.25, -0.2) is 38.7 Å². The van der Waals surface area contributed by atoms with Gasteiger partial charge in [0, 0.05) is 33.0 Å². The topological polar surface area (TPSA) is 114 Å². The number of nitrogens with zero attached hydrogens (tertiary/aromatic N) is 6. The first-order valence-corrected chi connectivity index (χ1v) is 18.8. The SMILES string of the molecule is CC(C)(C)OC(=O)n1c2ccc(C#Cc3ccc(C#Cc4ccc5c(c4)c4nc6ccccc6nc4n5C(=O)OC(C)(C)C)cc3)cc2c2nc3ccccc3nc21. The minimum absolute atomic E-state index is 0.430. The molecule has 0 atom stereocenters. The molecule has 0 aliphatic carbocycles. The zero-order valence-electron chi connectivity index (χ0n) is 32.7. The first-order chi connectivity index (χ1) is 27.8. The van der Waals surface area contributed by atoms with Crippen LogP contribution in [-0.2, 0) is 9.47 Å². The van der Waals surface area contributed by atoms with E-state index in [2.05, 4.69) is 23.7 Å². The van der Waals surface area contributed by atoms with E-state index in [1.165, 1.54) is 9.13 Å². The standard InChI is InChI=1S/C48H36N6O4/c1-47(2,3)57-45(55)53-39-25-23-31(27-33(39)41-43(53)51-37-13-9-7-11-35(37)49-41)21-19-29-15-17-30(18-16-29)20-22-32-24-26-40-34(28-32)42-44(54(40)46(56)58-48(4,5)6)52-38-14-10-8-12-36(38)50-42/h7-18,23-28H,1-6H3. The van der Waals surface area contributed by atoms with Crippen molar-refractivity contribution in [3.8, 4) is 23.7 Å². The lowest BCUT2D eigenvalue weighted by molar-refractivity contribution is 0.0539. The summed E-state index contributed by atoms with van der Waals surface area (Å²) in [4.78, 5) is 46.3. The Labute approximate surface area is 333 Å². The minimum atomic E-state index is -0.690. The maximum atomic E-state index is 13.5. The molecule has 0 amide bonds. The van der Waals surface area contributed by atoms with E-state index in [4.69, 9.17) is 29.4 Å². The molecule has 0 saturated heterocycles. The summed E-state index contributed by atoms with van der Waals surface area (Å²) < 4.78 is 14.5. The lowest BCUT2D eigenvalue weighted by Crippen LogP contribution is -2.27. The van der Waals surface area contributed by atoms with Crippen LogP contribution in [0.3, 0.4) is 0 Å². The number of aromatic nitrogens is 6. The lowest BCUT2D eigenvalue weighted by Gasteiger charge is -2.20. The Morgan fingerprint density at radius 3 is 1.16 bits per heavy atom. The van der Waals surface area contributed by atoms with Gasteiger partial charge >= 0.3 is 12.2 Å². The molecule has 0 unspecified atom stereocenters. The number of fused-ring (bicyclic) bond motifs is 8. The van der Waals surface area contributed by atoms with E-state index in [1.807, 2.05) is 151 Å². The minimum Gasteiger partial charge on any atom is -0.443 e. The van der Waals surface area contributed by atoms with Gasteiger partial charge in [0.05, 0.1) is 33.1 Å². The molecule has 0 N–H and O–H groups in total. The van der Waals surface area contributed by atoms with E-state index in [0.717, 1.165) is 44.1 Å². The van der Waals surface area contributed by atoms with Crippen molar-refractivity contribution in [1.82, 2.24) is 29.1 Å². The van der Waals surface area contributed by atoms with Crippen molar-refractivity contribution in [2.24, 2.45) is 0 Å². The number of hydrogen-bond donors (Lipinski definition) is 0. The molecule has 4 heterocycles. The number of carbonyl (C=O) groups excluding carboxylic acids is 2. The van der Waals surface area contributed by atoms with E-state index in [-0.39, 0.29) is 0 Å². The maximum Gasteiger partial charge on any atom is 0.420 e. The van der Waals surface area contributed by atoms with Crippen molar-refractivity contribution in [2.75, 3.05) is 0 Å². The molecule has 58 heavy (non-hydrogen) atoms.